The predicted molar refractivity (Wildman–Crippen MR) is 123 cm³/mol. The highest BCUT2D eigenvalue weighted by atomic mass is 79.9. The molecule has 1 aromatic heterocycles. The van der Waals surface area contributed by atoms with Crippen LogP contribution in [0.1, 0.15) is 46.5 Å². The van der Waals surface area contributed by atoms with Crippen LogP contribution in [0, 0.1) is 5.92 Å². The van der Waals surface area contributed by atoms with E-state index < -0.39 is 17.7 Å². The molecule has 8 heteroatoms. The fourth-order valence-corrected chi connectivity index (χ4v) is 3.64. The number of benzene rings is 1. The van der Waals surface area contributed by atoms with Gasteiger partial charge in [0, 0.05) is 11.0 Å². The van der Waals surface area contributed by atoms with Gasteiger partial charge < -0.3 is 19.9 Å². The lowest BCUT2D eigenvalue weighted by Gasteiger charge is -2.31. The van der Waals surface area contributed by atoms with E-state index in [1.54, 1.807) is 31.9 Å². The first-order chi connectivity index (χ1) is 14.5. The number of carbonyl (C=O) groups excluding carboxylic acids is 2. The van der Waals surface area contributed by atoms with E-state index in [2.05, 4.69) is 31.2 Å². The molecule has 0 saturated heterocycles. The lowest BCUT2D eigenvalue weighted by molar-refractivity contribution is -0.135. The summed E-state index contributed by atoms with van der Waals surface area (Å²) < 4.78 is 6.35. The van der Waals surface area contributed by atoms with Gasteiger partial charge in [-0.1, -0.05) is 54.1 Å². The van der Waals surface area contributed by atoms with Crippen molar-refractivity contribution in [2.45, 2.75) is 52.3 Å². The van der Waals surface area contributed by atoms with Crippen LogP contribution in [0.2, 0.25) is 0 Å². The number of halogens is 1. The normalized spacial score (nSPS) is 17.1. The summed E-state index contributed by atoms with van der Waals surface area (Å²) in [5.74, 6) is 0.411. The van der Waals surface area contributed by atoms with Gasteiger partial charge >= 0.3 is 6.09 Å². The Kier molecular flexibility index (Phi) is 6.89. The minimum Gasteiger partial charge on any atom is -0.444 e. The second kappa shape index (κ2) is 9.26. The lowest BCUT2D eigenvalue weighted by atomic mass is 10.0. The standard InChI is InChI=1S/C23H29BrN4O3/c1-14(2)19(27-22(30)31-23(3,4)5)21(29)28-12-6-7-18(28)20-25-13-17(26-20)15-8-10-16(24)11-9-15/h6-11,13-14,18-19H,12H2,1-5H3,(H,25,26)(H,27,30)/t18-,19-/m0/s1. The maximum Gasteiger partial charge on any atom is 0.408 e. The van der Waals surface area contributed by atoms with E-state index in [-0.39, 0.29) is 17.9 Å². The van der Waals surface area contributed by atoms with Gasteiger partial charge in [-0.3, -0.25) is 4.79 Å². The number of nitrogens with one attached hydrogen (secondary N) is 2. The Labute approximate surface area is 191 Å². The quantitative estimate of drug-likeness (QED) is 0.590. The number of amides is 2. The molecule has 166 valence electrons. The fraction of sp³-hybridized carbons (Fsp3) is 0.435. The van der Waals surface area contributed by atoms with Crippen LogP contribution >= 0.6 is 15.9 Å². The lowest BCUT2D eigenvalue weighted by Crippen LogP contribution is -2.52. The first-order valence-corrected chi connectivity index (χ1v) is 11.1. The van der Waals surface area contributed by atoms with Crippen molar-refractivity contribution in [1.29, 1.82) is 0 Å². The second-order valence-electron chi connectivity index (χ2n) is 8.92. The third-order valence-electron chi connectivity index (χ3n) is 4.88. The molecular weight excluding hydrogens is 460 g/mol. The van der Waals surface area contributed by atoms with Crippen molar-refractivity contribution in [3.8, 4) is 11.3 Å². The Morgan fingerprint density at radius 1 is 1.26 bits per heavy atom. The Bertz CT molecular complexity index is 960. The first-order valence-electron chi connectivity index (χ1n) is 10.3. The number of hydrogen-bond acceptors (Lipinski definition) is 4. The van der Waals surface area contributed by atoms with Crippen LogP contribution < -0.4 is 5.32 Å². The van der Waals surface area contributed by atoms with E-state index in [1.807, 2.05) is 50.3 Å². The maximum atomic E-state index is 13.4. The van der Waals surface area contributed by atoms with Crippen LogP contribution in [0.15, 0.2) is 47.1 Å². The SMILES string of the molecule is CC(C)[C@H](NC(=O)OC(C)(C)C)C(=O)N1CC=C[C@H]1c1ncc(-c2ccc(Br)cc2)[nH]1. The molecule has 0 bridgehead atoms. The van der Waals surface area contributed by atoms with Gasteiger partial charge in [-0.15, -0.1) is 0 Å². The van der Waals surface area contributed by atoms with Crippen LogP contribution in [-0.2, 0) is 9.53 Å². The molecule has 1 aliphatic rings. The molecule has 0 saturated carbocycles. The summed E-state index contributed by atoms with van der Waals surface area (Å²) >= 11 is 3.44. The number of aromatic amines is 1. The van der Waals surface area contributed by atoms with Crippen molar-refractivity contribution >= 4 is 27.9 Å². The molecular formula is C23H29BrN4O3. The summed E-state index contributed by atoms with van der Waals surface area (Å²) in [6.07, 6.45) is 5.06. The van der Waals surface area contributed by atoms with Gasteiger partial charge in [0.2, 0.25) is 5.91 Å². The fourth-order valence-electron chi connectivity index (χ4n) is 3.38. The van der Waals surface area contributed by atoms with E-state index in [1.165, 1.54) is 0 Å². The van der Waals surface area contributed by atoms with Crippen molar-refractivity contribution in [3.05, 3.63) is 52.9 Å². The highest BCUT2D eigenvalue weighted by Crippen LogP contribution is 2.29. The zero-order chi connectivity index (χ0) is 22.8. The molecule has 0 fully saturated rings. The summed E-state index contributed by atoms with van der Waals surface area (Å²) in [5.41, 5.74) is 1.25. The molecule has 2 N–H and O–H groups in total. The van der Waals surface area contributed by atoms with E-state index >= 15 is 0 Å². The number of rotatable bonds is 5. The van der Waals surface area contributed by atoms with Gasteiger partial charge in [0.15, 0.2) is 0 Å². The van der Waals surface area contributed by atoms with E-state index in [0.717, 1.165) is 15.7 Å². The minimum atomic E-state index is -0.696. The summed E-state index contributed by atoms with van der Waals surface area (Å²) in [5, 5.41) is 2.74. The monoisotopic (exact) mass is 488 g/mol. The van der Waals surface area contributed by atoms with Gasteiger partial charge in [0.1, 0.15) is 23.5 Å². The highest BCUT2D eigenvalue weighted by Gasteiger charge is 2.35. The Hall–Kier alpha value is -2.61. The molecule has 2 aromatic rings. The topological polar surface area (TPSA) is 87.3 Å². The van der Waals surface area contributed by atoms with Gasteiger partial charge in [-0.25, -0.2) is 9.78 Å². The van der Waals surface area contributed by atoms with E-state index in [9.17, 15) is 9.59 Å². The van der Waals surface area contributed by atoms with Gasteiger partial charge in [0.05, 0.1) is 11.9 Å². The summed E-state index contributed by atoms with van der Waals surface area (Å²) in [6, 6.07) is 6.91. The number of imidazole rings is 1. The first kappa shape index (κ1) is 23.1. The number of nitrogens with zero attached hydrogens (tertiary/aromatic N) is 2. The molecule has 31 heavy (non-hydrogen) atoms. The summed E-state index contributed by atoms with van der Waals surface area (Å²) in [7, 11) is 0. The number of alkyl carbamates (subject to hydrolysis) is 1. The molecule has 3 rings (SSSR count). The largest absolute Gasteiger partial charge is 0.444 e. The van der Waals surface area contributed by atoms with Crippen molar-refractivity contribution in [2.24, 2.45) is 5.92 Å². The third kappa shape index (κ3) is 5.76. The Morgan fingerprint density at radius 2 is 1.94 bits per heavy atom. The smallest absolute Gasteiger partial charge is 0.408 e. The molecule has 1 aromatic carbocycles. The van der Waals surface area contributed by atoms with Gasteiger partial charge in [-0.2, -0.15) is 0 Å². The van der Waals surface area contributed by atoms with Crippen molar-refractivity contribution in [3.63, 3.8) is 0 Å². The summed E-state index contributed by atoms with van der Waals surface area (Å²) in [6.45, 7) is 9.63. The van der Waals surface area contributed by atoms with Crippen LogP contribution in [-0.4, -0.2) is 45.1 Å². The Balaban J connectivity index is 1.76. The number of carbonyl (C=O) groups is 2. The highest BCUT2D eigenvalue weighted by molar-refractivity contribution is 9.10. The molecule has 0 radical (unpaired) electrons. The zero-order valence-corrected chi connectivity index (χ0v) is 20.1. The average Bonchev–Trinajstić information content (AvgIpc) is 3.33. The molecule has 1 aliphatic heterocycles. The molecule has 2 heterocycles. The second-order valence-corrected chi connectivity index (χ2v) is 9.84. The van der Waals surface area contributed by atoms with Crippen LogP contribution in [0.25, 0.3) is 11.3 Å². The molecule has 0 unspecified atom stereocenters. The zero-order valence-electron chi connectivity index (χ0n) is 18.5. The van der Waals surface area contributed by atoms with Crippen molar-refractivity contribution in [1.82, 2.24) is 20.2 Å². The maximum absolute atomic E-state index is 13.4. The molecule has 2 amide bonds. The molecule has 7 nitrogen and oxygen atoms in total. The van der Waals surface area contributed by atoms with Crippen molar-refractivity contribution in [2.75, 3.05) is 6.54 Å². The average molecular weight is 489 g/mol. The molecule has 2 atom stereocenters. The third-order valence-corrected chi connectivity index (χ3v) is 5.40. The van der Waals surface area contributed by atoms with Crippen LogP contribution in [0.4, 0.5) is 4.79 Å². The Morgan fingerprint density at radius 3 is 2.55 bits per heavy atom. The molecule has 0 aliphatic carbocycles. The van der Waals surface area contributed by atoms with Gasteiger partial charge in [0.25, 0.3) is 0 Å². The minimum absolute atomic E-state index is 0.101. The van der Waals surface area contributed by atoms with E-state index in [0.29, 0.717) is 12.4 Å². The van der Waals surface area contributed by atoms with E-state index in [4.69, 9.17) is 4.74 Å². The molecule has 0 spiro atoms. The van der Waals surface area contributed by atoms with Crippen LogP contribution in [0.5, 0.6) is 0 Å². The number of H-pyrrole nitrogens is 1. The summed E-state index contributed by atoms with van der Waals surface area (Å²) in [4.78, 5) is 35.2. The van der Waals surface area contributed by atoms with Crippen molar-refractivity contribution < 1.29 is 14.3 Å². The van der Waals surface area contributed by atoms with Gasteiger partial charge in [-0.05, 0) is 44.4 Å². The number of hydrogen-bond donors (Lipinski definition) is 2. The number of aromatic nitrogens is 2. The van der Waals surface area contributed by atoms with Crippen LogP contribution in [0.3, 0.4) is 0 Å². The predicted octanol–water partition coefficient (Wildman–Crippen LogP) is 4.83. The number of ether oxygens (including phenoxy) is 1.